The summed E-state index contributed by atoms with van der Waals surface area (Å²) in [6, 6.07) is 3.73. The first-order chi connectivity index (χ1) is 11.0. The molecule has 0 saturated carbocycles. The summed E-state index contributed by atoms with van der Waals surface area (Å²) in [6.07, 6.45) is 0. The van der Waals surface area contributed by atoms with E-state index in [4.69, 9.17) is 16.7 Å². The van der Waals surface area contributed by atoms with Crippen LogP contribution in [0.15, 0.2) is 18.2 Å². The van der Waals surface area contributed by atoms with Crippen molar-refractivity contribution < 1.29 is 19.4 Å². The average molecular weight is 345 g/mol. The summed E-state index contributed by atoms with van der Waals surface area (Å²) < 4.78 is 13.4. The maximum Gasteiger partial charge on any atom is 0.255 e. The van der Waals surface area contributed by atoms with E-state index in [0.717, 1.165) is 6.07 Å². The van der Waals surface area contributed by atoms with Crippen molar-refractivity contribution in [3.8, 4) is 0 Å². The number of hydrogen-bond acceptors (Lipinski definition) is 4. The van der Waals surface area contributed by atoms with Crippen molar-refractivity contribution in [1.82, 2.24) is 9.80 Å². The Kier molecular flexibility index (Phi) is 6.35. The summed E-state index contributed by atoms with van der Waals surface area (Å²) in [4.78, 5) is 16.2. The monoisotopic (exact) mass is 344 g/mol. The quantitative estimate of drug-likeness (QED) is 0.810. The van der Waals surface area contributed by atoms with E-state index in [9.17, 15) is 14.3 Å². The van der Waals surface area contributed by atoms with Gasteiger partial charge in [0.25, 0.3) is 5.91 Å². The number of aliphatic hydroxyl groups is 2. The lowest BCUT2D eigenvalue weighted by Gasteiger charge is -2.23. The molecule has 1 amide bonds. The number of rotatable bonds is 6. The normalized spacial score (nSPS) is 21.2. The first-order valence-electron chi connectivity index (χ1n) is 7.60. The molecule has 1 saturated heterocycles. The molecular formula is C16H22ClFN2O3. The third kappa shape index (κ3) is 4.41. The molecule has 5 nitrogen and oxygen atoms in total. The van der Waals surface area contributed by atoms with Gasteiger partial charge in [-0.1, -0.05) is 11.6 Å². The molecule has 2 atom stereocenters. The highest BCUT2D eigenvalue weighted by atomic mass is 35.5. The number of likely N-dealkylation sites (N-methyl/N-ethyl adjacent to an activating group) is 1. The van der Waals surface area contributed by atoms with Crippen LogP contribution in [0.25, 0.3) is 0 Å². The van der Waals surface area contributed by atoms with E-state index in [1.165, 1.54) is 12.1 Å². The van der Waals surface area contributed by atoms with Gasteiger partial charge in [0.05, 0.1) is 17.2 Å². The lowest BCUT2D eigenvalue weighted by atomic mass is 9.96. The molecule has 2 N–H and O–H groups in total. The van der Waals surface area contributed by atoms with E-state index in [-0.39, 0.29) is 41.5 Å². The van der Waals surface area contributed by atoms with Gasteiger partial charge in [-0.05, 0) is 31.2 Å². The molecule has 0 bridgehead atoms. The number of carbonyl (C=O) groups is 1. The molecule has 0 spiro atoms. The second-order valence-electron chi connectivity index (χ2n) is 6.02. The molecule has 1 fully saturated rings. The molecule has 0 aliphatic carbocycles. The van der Waals surface area contributed by atoms with Crippen molar-refractivity contribution >= 4 is 17.5 Å². The zero-order valence-electron chi connectivity index (χ0n) is 13.1. The van der Waals surface area contributed by atoms with Crippen LogP contribution in [-0.4, -0.2) is 72.4 Å². The van der Waals surface area contributed by atoms with Gasteiger partial charge in [0.2, 0.25) is 0 Å². The van der Waals surface area contributed by atoms with Crippen molar-refractivity contribution in [2.75, 3.05) is 46.4 Å². The summed E-state index contributed by atoms with van der Waals surface area (Å²) in [7, 11) is 1.89. The largest absolute Gasteiger partial charge is 0.396 e. The Bertz CT molecular complexity index is 558. The van der Waals surface area contributed by atoms with Crippen molar-refractivity contribution in [2.24, 2.45) is 11.8 Å². The van der Waals surface area contributed by atoms with Crippen LogP contribution in [0.4, 0.5) is 4.39 Å². The molecule has 1 heterocycles. The minimum atomic E-state index is -0.505. The van der Waals surface area contributed by atoms with Crippen LogP contribution >= 0.6 is 11.6 Å². The number of amides is 1. The Morgan fingerprint density at radius 3 is 2.74 bits per heavy atom. The fourth-order valence-electron chi connectivity index (χ4n) is 3.01. The molecule has 1 aliphatic heterocycles. The predicted octanol–water partition coefficient (Wildman–Crippen LogP) is 1.08. The van der Waals surface area contributed by atoms with E-state index in [1.807, 2.05) is 11.9 Å². The van der Waals surface area contributed by atoms with E-state index in [2.05, 4.69) is 0 Å². The maximum atomic E-state index is 13.4. The Morgan fingerprint density at radius 1 is 1.39 bits per heavy atom. The van der Waals surface area contributed by atoms with Crippen LogP contribution in [0.3, 0.4) is 0 Å². The molecule has 0 aromatic heterocycles. The zero-order chi connectivity index (χ0) is 17.0. The number of carbonyl (C=O) groups excluding carboxylic acids is 1. The third-order valence-corrected chi connectivity index (χ3v) is 4.61. The number of likely N-dealkylation sites (tertiary alicyclic amines) is 1. The summed E-state index contributed by atoms with van der Waals surface area (Å²) in [5.41, 5.74) is 0.146. The average Bonchev–Trinajstić information content (AvgIpc) is 2.92. The zero-order valence-corrected chi connectivity index (χ0v) is 13.8. The second-order valence-corrected chi connectivity index (χ2v) is 6.43. The number of benzene rings is 1. The fraction of sp³-hybridized carbons (Fsp3) is 0.562. The molecule has 23 heavy (non-hydrogen) atoms. The molecule has 1 aromatic carbocycles. The van der Waals surface area contributed by atoms with Gasteiger partial charge >= 0.3 is 0 Å². The highest BCUT2D eigenvalue weighted by Crippen LogP contribution is 2.27. The smallest absolute Gasteiger partial charge is 0.255 e. The number of aliphatic hydroxyl groups excluding tert-OH is 2. The van der Waals surface area contributed by atoms with Gasteiger partial charge in [-0.2, -0.15) is 0 Å². The summed E-state index contributed by atoms with van der Waals surface area (Å²) in [5, 5.41) is 18.7. The third-order valence-electron chi connectivity index (χ3n) is 4.28. The van der Waals surface area contributed by atoms with Gasteiger partial charge in [-0.3, -0.25) is 4.79 Å². The summed E-state index contributed by atoms with van der Waals surface area (Å²) in [6.45, 7) is 2.16. The SMILES string of the molecule is CN(CCO)C[C@@H]1CN(C(=O)c2cc(F)ccc2Cl)C[C@@H]1CO. The molecule has 2 rings (SSSR count). The lowest BCUT2D eigenvalue weighted by molar-refractivity contribution is 0.0778. The minimum Gasteiger partial charge on any atom is -0.396 e. The minimum absolute atomic E-state index is 0.0156. The first kappa shape index (κ1) is 18.1. The molecule has 128 valence electrons. The first-order valence-corrected chi connectivity index (χ1v) is 7.98. The highest BCUT2D eigenvalue weighted by Gasteiger charge is 2.36. The molecule has 0 unspecified atom stereocenters. The van der Waals surface area contributed by atoms with E-state index in [0.29, 0.717) is 26.2 Å². The molecule has 0 radical (unpaired) electrons. The fourth-order valence-corrected chi connectivity index (χ4v) is 3.21. The number of halogens is 2. The van der Waals surface area contributed by atoms with Gasteiger partial charge < -0.3 is 20.0 Å². The standard InChI is InChI=1S/C16H22ClFN2O3/c1-19(4-5-21)7-11-8-20(9-12(11)10-22)16(23)14-6-13(18)2-3-15(14)17/h2-3,6,11-12,21-22H,4-5,7-10H2,1H3/t11-,12-/m1/s1. The molecule has 7 heteroatoms. The van der Waals surface area contributed by atoms with E-state index < -0.39 is 5.82 Å². The Morgan fingerprint density at radius 2 is 2.09 bits per heavy atom. The summed E-state index contributed by atoms with van der Waals surface area (Å²) in [5.74, 6) is -0.754. The topological polar surface area (TPSA) is 64.0 Å². The highest BCUT2D eigenvalue weighted by molar-refractivity contribution is 6.33. The molecule has 1 aromatic rings. The number of nitrogens with zero attached hydrogens (tertiary/aromatic N) is 2. The molecule has 1 aliphatic rings. The predicted molar refractivity (Wildman–Crippen MR) is 86.0 cm³/mol. The number of hydrogen-bond donors (Lipinski definition) is 2. The van der Waals surface area contributed by atoms with Crippen LogP contribution in [0, 0.1) is 17.7 Å². The van der Waals surface area contributed by atoms with Crippen LogP contribution in [0.1, 0.15) is 10.4 Å². The van der Waals surface area contributed by atoms with Gasteiger partial charge in [-0.25, -0.2) is 4.39 Å². The van der Waals surface area contributed by atoms with Crippen molar-refractivity contribution in [2.45, 2.75) is 0 Å². The summed E-state index contributed by atoms with van der Waals surface area (Å²) >= 11 is 6.00. The lowest BCUT2D eigenvalue weighted by Crippen LogP contribution is -2.33. The van der Waals surface area contributed by atoms with Crippen LogP contribution < -0.4 is 0 Å². The Labute approximate surface area is 140 Å². The van der Waals surface area contributed by atoms with E-state index >= 15 is 0 Å². The van der Waals surface area contributed by atoms with Crippen LogP contribution in [-0.2, 0) is 0 Å². The van der Waals surface area contributed by atoms with Crippen LogP contribution in [0.2, 0.25) is 5.02 Å². The Balaban J connectivity index is 2.09. The van der Waals surface area contributed by atoms with Gasteiger partial charge in [0.1, 0.15) is 5.82 Å². The Hall–Kier alpha value is -1.21. The maximum absolute atomic E-state index is 13.4. The van der Waals surface area contributed by atoms with Gasteiger partial charge in [-0.15, -0.1) is 0 Å². The van der Waals surface area contributed by atoms with Crippen molar-refractivity contribution in [3.63, 3.8) is 0 Å². The van der Waals surface area contributed by atoms with E-state index in [1.54, 1.807) is 4.90 Å². The van der Waals surface area contributed by atoms with Crippen molar-refractivity contribution in [1.29, 1.82) is 0 Å². The van der Waals surface area contributed by atoms with Crippen molar-refractivity contribution in [3.05, 3.63) is 34.6 Å². The molecular weight excluding hydrogens is 323 g/mol. The van der Waals surface area contributed by atoms with Gasteiger partial charge in [0, 0.05) is 38.7 Å². The van der Waals surface area contributed by atoms with Crippen LogP contribution in [0.5, 0.6) is 0 Å². The second kappa shape index (κ2) is 8.06. The van der Waals surface area contributed by atoms with Gasteiger partial charge in [0.15, 0.2) is 0 Å².